The first-order chi connectivity index (χ1) is 7.66. The Labute approximate surface area is 96.5 Å². The molecule has 0 aliphatic rings. The van der Waals surface area contributed by atoms with Gasteiger partial charge in [0.05, 0.1) is 5.52 Å². The van der Waals surface area contributed by atoms with Gasteiger partial charge in [0, 0.05) is 24.7 Å². The van der Waals surface area contributed by atoms with Crippen molar-refractivity contribution in [3.05, 3.63) is 35.0 Å². The molecule has 0 aliphatic heterocycles. The summed E-state index contributed by atoms with van der Waals surface area (Å²) in [5.41, 5.74) is 5.35. The number of hydrogen-bond acceptors (Lipinski definition) is 1. The Morgan fingerprint density at radius 2 is 2.00 bits per heavy atom. The summed E-state index contributed by atoms with van der Waals surface area (Å²) in [7, 11) is 2.12. The van der Waals surface area contributed by atoms with Gasteiger partial charge < -0.3 is 9.67 Å². The van der Waals surface area contributed by atoms with Crippen LogP contribution >= 0.6 is 0 Å². The maximum atomic E-state index is 8.95. The molecule has 2 nitrogen and oxygen atoms in total. The van der Waals surface area contributed by atoms with E-state index < -0.39 is 0 Å². The van der Waals surface area contributed by atoms with Crippen molar-refractivity contribution in [2.45, 2.75) is 26.7 Å². The standard InChI is InChI=1S/C14H19NO/c1-10-6-4-7-13-12(8-5-9-16)11(2)15(3)14(10)13/h4,6-7,16H,5,8-9H2,1-3H3. The second-order valence-corrected chi connectivity index (χ2v) is 4.42. The molecule has 2 aromatic rings. The molecule has 86 valence electrons. The van der Waals surface area contributed by atoms with Crippen molar-refractivity contribution < 1.29 is 5.11 Å². The summed E-state index contributed by atoms with van der Waals surface area (Å²) in [6.07, 6.45) is 1.80. The van der Waals surface area contributed by atoms with Crippen LogP contribution in [0.4, 0.5) is 0 Å². The van der Waals surface area contributed by atoms with Crippen molar-refractivity contribution in [1.82, 2.24) is 4.57 Å². The van der Waals surface area contributed by atoms with E-state index in [9.17, 15) is 0 Å². The third kappa shape index (κ3) is 1.63. The van der Waals surface area contributed by atoms with Crippen molar-refractivity contribution in [2.24, 2.45) is 7.05 Å². The van der Waals surface area contributed by atoms with Crippen molar-refractivity contribution >= 4 is 10.9 Å². The molecule has 0 atom stereocenters. The fourth-order valence-electron chi connectivity index (χ4n) is 2.48. The van der Waals surface area contributed by atoms with Gasteiger partial charge in [0.15, 0.2) is 0 Å². The Hall–Kier alpha value is -1.28. The lowest BCUT2D eigenvalue weighted by Gasteiger charge is -2.01. The number of para-hydroxylation sites is 1. The normalized spacial score (nSPS) is 11.2. The number of aryl methyl sites for hydroxylation is 3. The molecular formula is C14H19NO. The molecule has 1 aromatic heterocycles. The Morgan fingerprint density at radius 3 is 2.69 bits per heavy atom. The number of nitrogens with zero attached hydrogens (tertiary/aromatic N) is 1. The molecular weight excluding hydrogens is 198 g/mol. The van der Waals surface area contributed by atoms with E-state index in [1.54, 1.807) is 0 Å². The summed E-state index contributed by atoms with van der Waals surface area (Å²) in [6, 6.07) is 6.44. The van der Waals surface area contributed by atoms with Gasteiger partial charge in [-0.05, 0) is 37.8 Å². The zero-order valence-corrected chi connectivity index (χ0v) is 10.2. The molecule has 0 fully saturated rings. The molecule has 0 aliphatic carbocycles. The minimum absolute atomic E-state index is 0.266. The van der Waals surface area contributed by atoms with E-state index in [0.29, 0.717) is 0 Å². The molecule has 0 radical (unpaired) electrons. The summed E-state index contributed by atoms with van der Waals surface area (Å²) in [6.45, 7) is 4.57. The molecule has 0 unspecified atom stereocenters. The van der Waals surface area contributed by atoms with Crippen LogP contribution in [0.2, 0.25) is 0 Å². The molecule has 1 aromatic carbocycles. The molecule has 0 saturated heterocycles. The van der Waals surface area contributed by atoms with E-state index in [2.05, 4.69) is 43.7 Å². The van der Waals surface area contributed by atoms with Gasteiger partial charge in [-0.2, -0.15) is 0 Å². The highest BCUT2D eigenvalue weighted by Gasteiger charge is 2.12. The first-order valence-electron chi connectivity index (χ1n) is 5.81. The Balaban J connectivity index is 2.64. The molecule has 0 amide bonds. The monoisotopic (exact) mass is 217 g/mol. The lowest BCUT2D eigenvalue weighted by molar-refractivity contribution is 0.288. The van der Waals surface area contributed by atoms with Gasteiger partial charge >= 0.3 is 0 Å². The third-order valence-electron chi connectivity index (χ3n) is 3.42. The van der Waals surface area contributed by atoms with Crippen LogP contribution in [0.15, 0.2) is 18.2 Å². The molecule has 0 saturated carbocycles. The average Bonchev–Trinajstić information content (AvgIpc) is 2.51. The minimum Gasteiger partial charge on any atom is -0.396 e. The molecule has 1 N–H and O–H groups in total. The summed E-state index contributed by atoms with van der Waals surface area (Å²) in [5, 5.41) is 10.3. The number of rotatable bonds is 3. The largest absolute Gasteiger partial charge is 0.396 e. The van der Waals surface area contributed by atoms with Crippen molar-refractivity contribution in [2.75, 3.05) is 6.61 Å². The van der Waals surface area contributed by atoms with Crippen molar-refractivity contribution in [3.63, 3.8) is 0 Å². The quantitative estimate of drug-likeness (QED) is 0.840. The molecule has 0 spiro atoms. The second kappa shape index (κ2) is 4.30. The van der Waals surface area contributed by atoms with E-state index in [1.165, 1.54) is 27.7 Å². The van der Waals surface area contributed by atoms with E-state index in [4.69, 9.17) is 5.11 Å². The van der Waals surface area contributed by atoms with Gasteiger partial charge in [0.25, 0.3) is 0 Å². The summed E-state index contributed by atoms with van der Waals surface area (Å²) >= 11 is 0. The van der Waals surface area contributed by atoms with Gasteiger partial charge in [0.1, 0.15) is 0 Å². The minimum atomic E-state index is 0.266. The Bertz CT molecular complexity index is 511. The molecule has 1 heterocycles. The van der Waals surface area contributed by atoms with Gasteiger partial charge in [-0.3, -0.25) is 0 Å². The zero-order chi connectivity index (χ0) is 11.7. The highest BCUT2D eigenvalue weighted by atomic mass is 16.2. The van der Waals surface area contributed by atoms with Crippen LogP contribution in [0.3, 0.4) is 0 Å². The maximum Gasteiger partial charge on any atom is 0.0512 e. The summed E-state index contributed by atoms with van der Waals surface area (Å²) in [5.74, 6) is 0. The topological polar surface area (TPSA) is 25.2 Å². The first kappa shape index (κ1) is 11.2. The number of aromatic nitrogens is 1. The lowest BCUT2D eigenvalue weighted by atomic mass is 10.0. The van der Waals surface area contributed by atoms with Crippen LogP contribution in [0.1, 0.15) is 23.2 Å². The van der Waals surface area contributed by atoms with E-state index in [1.807, 2.05) is 0 Å². The highest BCUT2D eigenvalue weighted by molar-refractivity contribution is 5.88. The predicted molar refractivity (Wildman–Crippen MR) is 67.8 cm³/mol. The van der Waals surface area contributed by atoms with Crippen molar-refractivity contribution in [3.8, 4) is 0 Å². The Kier molecular flexibility index (Phi) is 3.01. The smallest absolute Gasteiger partial charge is 0.0512 e. The second-order valence-electron chi connectivity index (χ2n) is 4.42. The van der Waals surface area contributed by atoms with Crippen LogP contribution in [-0.4, -0.2) is 16.3 Å². The molecule has 2 heteroatoms. The zero-order valence-electron chi connectivity index (χ0n) is 10.2. The first-order valence-corrected chi connectivity index (χ1v) is 5.81. The van der Waals surface area contributed by atoms with E-state index in [-0.39, 0.29) is 6.61 Å². The average molecular weight is 217 g/mol. The van der Waals surface area contributed by atoms with Crippen LogP contribution in [0.25, 0.3) is 10.9 Å². The van der Waals surface area contributed by atoms with Gasteiger partial charge in [-0.1, -0.05) is 18.2 Å². The molecule has 2 rings (SSSR count). The fraction of sp³-hybridized carbons (Fsp3) is 0.429. The predicted octanol–water partition coefficient (Wildman–Crippen LogP) is 2.72. The maximum absolute atomic E-state index is 8.95. The van der Waals surface area contributed by atoms with Gasteiger partial charge in [0.2, 0.25) is 0 Å². The van der Waals surface area contributed by atoms with Crippen LogP contribution in [-0.2, 0) is 13.5 Å². The van der Waals surface area contributed by atoms with Crippen molar-refractivity contribution in [1.29, 1.82) is 0 Å². The number of aliphatic hydroxyl groups is 1. The SMILES string of the molecule is Cc1cccc2c(CCCO)c(C)n(C)c12. The van der Waals surface area contributed by atoms with E-state index >= 15 is 0 Å². The lowest BCUT2D eigenvalue weighted by Crippen LogP contribution is -1.94. The summed E-state index contributed by atoms with van der Waals surface area (Å²) < 4.78 is 2.26. The fourth-order valence-corrected chi connectivity index (χ4v) is 2.48. The van der Waals surface area contributed by atoms with Crippen LogP contribution in [0.5, 0.6) is 0 Å². The highest BCUT2D eigenvalue weighted by Crippen LogP contribution is 2.28. The Morgan fingerprint density at radius 1 is 1.25 bits per heavy atom. The van der Waals surface area contributed by atoms with Crippen LogP contribution < -0.4 is 0 Å². The third-order valence-corrected chi connectivity index (χ3v) is 3.42. The van der Waals surface area contributed by atoms with Gasteiger partial charge in [-0.15, -0.1) is 0 Å². The molecule has 16 heavy (non-hydrogen) atoms. The van der Waals surface area contributed by atoms with E-state index in [0.717, 1.165) is 12.8 Å². The number of fused-ring (bicyclic) bond motifs is 1. The number of aliphatic hydroxyl groups excluding tert-OH is 1. The van der Waals surface area contributed by atoms with Crippen LogP contribution in [0, 0.1) is 13.8 Å². The summed E-state index contributed by atoms with van der Waals surface area (Å²) in [4.78, 5) is 0. The molecule has 0 bridgehead atoms. The number of benzene rings is 1. The number of hydrogen-bond donors (Lipinski definition) is 1. The van der Waals surface area contributed by atoms with Gasteiger partial charge in [-0.25, -0.2) is 0 Å².